The van der Waals surface area contributed by atoms with E-state index in [1.165, 1.54) is 13.0 Å². The molecule has 1 aromatic carbocycles. The molecule has 0 saturated carbocycles. The van der Waals surface area contributed by atoms with Gasteiger partial charge >= 0.3 is 0 Å². The van der Waals surface area contributed by atoms with Crippen LogP contribution in [0.4, 0.5) is 5.69 Å². The molecule has 4 rings (SSSR count). The standard InChI is InChI=1S/C21H15N3O3/c1-13(25)24-16-4-2-3-15(11-16)20-21-17(7-10-23-20)18(26)12-19(27-21)14-5-8-22-9-6-14/h2-12H,1H3,(H,24,25). The fourth-order valence-electron chi connectivity index (χ4n) is 2.89. The van der Waals surface area contributed by atoms with Crippen LogP contribution in [-0.2, 0) is 4.79 Å². The van der Waals surface area contributed by atoms with Crippen molar-refractivity contribution >= 4 is 22.6 Å². The van der Waals surface area contributed by atoms with Crippen LogP contribution in [0.2, 0.25) is 0 Å². The number of carbonyl (C=O) groups is 1. The molecule has 0 spiro atoms. The molecule has 4 aromatic rings. The molecule has 0 aliphatic carbocycles. The summed E-state index contributed by atoms with van der Waals surface area (Å²) >= 11 is 0. The molecule has 1 N–H and O–H groups in total. The molecular weight excluding hydrogens is 342 g/mol. The zero-order chi connectivity index (χ0) is 18.8. The number of nitrogens with zero attached hydrogens (tertiary/aromatic N) is 2. The van der Waals surface area contributed by atoms with Crippen molar-refractivity contribution in [2.75, 3.05) is 5.32 Å². The second-order valence-electron chi connectivity index (χ2n) is 6.01. The Morgan fingerprint density at radius 3 is 2.59 bits per heavy atom. The predicted molar refractivity (Wildman–Crippen MR) is 103 cm³/mol. The maximum Gasteiger partial charge on any atom is 0.221 e. The third-order valence-electron chi connectivity index (χ3n) is 4.07. The number of carbonyl (C=O) groups excluding carboxylic acids is 1. The topological polar surface area (TPSA) is 85.1 Å². The first-order chi connectivity index (χ1) is 13.1. The van der Waals surface area contributed by atoms with E-state index in [-0.39, 0.29) is 11.3 Å². The van der Waals surface area contributed by atoms with Crippen LogP contribution < -0.4 is 10.7 Å². The van der Waals surface area contributed by atoms with Crippen LogP contribution in [0.15, 0.2) is 76.3 Å². The van der Waals surface area contributed by atoms with Gasteiger partial charge in [-0.2, -0.15) is 0 Å². The number of aromatic nitrogens is 2. The maximum absolute atomic E-state index is 12.6. The quantitative estimate of drug-likeness (QED) is 0.601. The van der Waals surface area contributed by atoms with Gasteiger partial charge in [0.05, 0.1) is 5.39 Å². The zero-order valence-corrected chi connectivity index (χ0v) is 14.5. The van der Waals surface area contributed by atoms with E-state index in [1.807, 2.05) is 12.1 Å². The lowest BCUT2D eigenvalue weighted by molar-refractivity contribution is -0.114. The third-order valence-corrected chi connectivity index (χ3v) is 4.07. The fraction of sp³-hybridized carbons (Fsp3) is 0.0476. The highest BCUT2D eigenvalue weighted by Crippen LogP contribution is 2.30. The monoisotopic (exact) mass is 357 g/mol. The van der Waals surface area contributed by atoms with Gasteiger partial charge < -0.3 is 9.73 Å². The molecule has 132 valence electrons. The molecule has 6 nitrogen and oxygen atoms in total. The zero-order valence-electron chi connectivity index (χ0n) is 14.5. The van der Waals surface area contributed by atoms with Crippen LogP contribution >= 0.6 is 0 Å². The van der Waals surface area contributed by atoms with Gasteiger partial charge in [-0.3, -0.25) is 19.6 Å². The van der Waals surface area contributed by atoms with E-state index in [0.29, 0.717) is 28.1 Å². The number of hydrogen-bond donors (Lipinski definition) is 1. The Hall–Kier alpha value is -3.80. The first kappa shape index (κ1) is 16.7. The van der Waals surface area contributed by atoms with E-state index in [0.717, 1.165) is 11.1 Å². The highest BCUT2D eigenvalue weighted by Gasteiger charge is 2.13. The number of amides is 1. The van der Waals surface area contributed by atoms with Crippen molar-refractivity contribution in [1.29, 1.82) is 0 Å². The number of hydrogen-bond acceptors (Lipinski definition) is 5. The second-order valence-corrected chi connectivity index (χ2v) is 6.01. The minimum atomic E-state index is -0.162. The molecule has 1 amide bonds. The molecule has 0 atom stereocenters. The fourth-order valence-corrected chi connectivity index (χ4v) is 2.89. The van der Waals surface area contributed by atoms with Gasteiger partial charge in [0.15, 0.2) is 11.0 Å². The van der Waals surface area contributed by atoms with Crippen molar-refractivity contribution in [1.82, 2.24) is 9.97 Å². The van der Waals surface area contributed by atoms with E-state index < -0.39 is 0 Å². The molecule has 3 aromatic heterocycles. The summed E-state index contributed by atoms with van der Waals surface area (Å²) in [6.45, 7) is 1.45. The minimum absolute atomic E-state index is 0.148. The van der Waals surface area contributed by atoms with Gasteiger partial charge in [-0.25, -0.2) is 0 Å². The van der Waals surface area contributed by atoms with Gasteiger partial charge in [0.1, 0.15) is 11.5 Å². The maximum atomic E-state index is 12.6. The van der Waals surface area contributed by atoms with E-state index in [1.54, 1.807) is 48.9 Å². The highest BCUT2D eigenvalue weighted by atomic mass is 16.3. The van der Waals surface area contributed by atoms with Gasteiger partial charge in [0.25, 0.3) is 0 Å². The Bertz CT molecular complexity index is 1200. The summed E-state index contributed by atoms with van der Waals surface area (Å²) in [5, 5.41) is 3.19. The van der Waals surface area contributed by atoms with Gasteiger partial charge in [-0.1, -0.05) is 12.1 Å². The molecule has 3 heterocycles. The van der Waals surface area contributed by atoms with Crippen LogP contribution in [0.5, 0.6) is 0 Å². The molecule has 0 aliphatic heterocycles. The van der Waals surface area contributed by atoms with Gasteiger partial charge in [-0.15, -0.1) is 0 Å². The summed E-state index contributed by atoms with van der Waals surface area (Å²) in [5.41, 5.74) is 2.92. The molecule has 0 fully saturated rings. The van der Waals surface area contributed by atoms with Crippen molar-refractivity contribution in [3.8, 4) is 22.6 Å². The van der Waals surface area contributed by atoms with Crippen LogP contribution in [-0.4, -0.2) is 15.9 Å². The molecule has 0 saturated heterocycles. The first-order valence-corrected chi connectivity index (χ1v) is 8.33. The van der Waals surface area contributed by atoms with Gasteiger partial charge in [0, 0.05) is 48.4 Å². The average Bonchev–Trinajstić information content (AvgIpc) is 2.68. The van der Waals surface area contributed by atoms with Crippen LogP contribution in [0.25, 0.3) is 33.6 Å². The van der Waals surface area contributed by atoms with Crippen LogP contribution in [0.3, 0.4) is 0 Å². The molecule has 6 heteroatoms. The predicted octanol–water partition coefficient (Wildman–Crippen LogP) is 3.88. The summed E-state index contributed by atoms with van der Waals surface area (Å²) < 4.78 is 6.06. The van der Waals surface area contributed by atoms with Gasteiger partial charge in [0.2, 0.25) is 5.91 Å². The number of anilines is 1. The third kappa shape index (κ3) is 3.32. The normalized spacial score (nSPS) is 10.7. The van der Waals surface area contributed by atoms with Crippen LogP contribution in [0, 0.1) is 0 Å². The Kier molecular flexibility index (Phi) is 4.22. The van der Waals surface area contributed by atoms with Crippen molar-refractivity contribution in [2.45, 2.75) is 6.92 Å². The Labute approximate surface area is 154 Å². The van der Waals surface area contributed by atoms with Crippen molar-refractivity contribution in [3.63, 3.8) is 0 Å². The molecule has 0 aliphatic rings. The lowest BCUT2D eigenvalue weighted by Crippen LogP contribution is -2.05. The molecule has 0 radical (unpaired) electrons. The molecular formula is C21H15N3O3. The Morgan fingerprint density at radius 2 is 1.81 bits per heavy atom. The SMILES string of the molecule is CC(=O)Nc1cccc(-c2nccc3c(=O)cc(-c4ccncc4)oc23)c1. The molecule has 0 bridgehead atoms. The number of pyridine rings is 2. The summed E-state index contributed by atoms with van der Waals surface area (Å²) in [7, 11) is 0. The van der Waals surface area contributed by atoms with Crippen molar-refractivity contribution < 1.29 is 9.21 Å². The van der Waals surface area contributed by atoms with Crippen molar-refractivity contribution in [2.24, 2.45) is 0 Å². The lowest BCUT2D eigenvalue weighted by Gasteiger charge is -2.09. The summed E-state index contributed by atoms with van der Waals surface area (Å²) in [5.74, 6) is 0.284. The number of nitrogens with one attached hydrogen (secondary N) is 1. The Balaban J connectivity index is 1.93. The van der Waals surface area contributed by atoms with E-state index in [9.17, 15) is 9.59 Å². The first-order valence-electron chi connectivity index (χ1n) is 8.33. The number of benzene rings is 1. The second kappa shape index (κ2) is 6.84. The van der Waals surface area contributed by atoms with E-state index in [2.05, 4.69) is 15.3 Å². The number of rotatable bonds is 3. The van der Waals surface area contributed by atoms with Gasteiger partial charge in [-0.05, 0) is 30.3 Å². The molecule has 0 unspecified atom stereocenters. The highest BCUT2D eigenvalue weighted by molar-refractivity contribution is 5.93. The number of fused-ring (bicyclic) bond motifs is 1. The Morgan fingerprint density at radius 1 is 1.00 bits per heavy atom. The van der Waals surface area contributed by atoms with E-state index in [4.69, 9.17) is 4.42 Å². The van der Waals surface area contributed by atoms with E-state index >= 15 is 0 Å². The summed E-state index contributed by atoms with van der Waals surface area (Å²) in [6, 6.07) is 13.9. The largest absolute Gasteiger partial charge is 0.454 e. The molecule has 27 heavy (non-hydrogen) atoms. The summed E-state index contributed by atoms with van der Waals surface area (Å²) in [4.78, 5) is 32.3. The lowest BCUT2D eigenvalue weighted by atomic mass is 10.1. The van der Waals surface area contributed by atoms with Crippen molar-refractivity contribution in [3.05, 3.63) is 77.3 Å². The van der Waals surface area contributed by atoms with Crippen LogP contribution in [0.1, 0.15) is 6.92 Å². The summed E-state index contributed by atoms with van der Waals surface area (Å²) in [6.07, 6.45) is 4.85. The smallest absolute Gasteiger partial charge is 0.221 e. The minimum Gasteiger partial charge on any atom is -0.454 e. The average molecular weight is 357 g/mol.